The molecule has 1 aromatic rings. The molecule has 26 heavy (non-hydrogen) atoms. The predicted octanol–water partition coefficient (Wildman–Crippen LogP) is 4.02. The summed E-state index contributed by atoms with van der Waals surface area (Å²) < 4.78 is 0. The summed E-state index contributed by atoms with van der Waals surface area (Å²) >= 11 is 6.09. The fraction of sp³-hybridized carbons (Fsp3) is 0.650. The van der Waals surface area contributed by atoms with Crippen molar-refractivity contribution >= 4 is 35.6 Å². The standard InChI is InChI=1S/C20H28ClN3O.ClH/c21-18-9-16(22)2-3-17(18)19(25)23-4-1-5-24-20-10-13-6-14(11-20)8-15(7-13)12-20;/h2-3,9,13-15,24H,1,4-8,10-12,22H2,(H,23,25);1H. The zero-order valence-corrected chi connectivity index (χ0v) is 16.7. The van der Waals surface area contributed by atoms with Gasteiger partial charge < -0.3 is 16.4 Å². The van der Waals surface area contributed by atoms with Gasteiger partial charge in [-0.1, -0.05) is 11.6 Å². The minimum absolute atomic E-state index is 0. The number of anilines is 1. The Morgan fingerprint density at radius 3 is 2.31 bits per heavy atom. The van der Waals surface area contributed by atoms with Gasteiger partial charge in [-0.05, 0) is 87.4 Å². The summed E-state index contributed by atoms with van der Waals surface area (Å²) in [6.45, 7) is 1.64. The highest BCUT2D eigenvalue weighted by molar-refractivity contribution is 6.34. The van der Waals surface area contributed by atoms with Crippen molar-refractivity contribution in [2.24, 2.45) is 17.8 Å². The summed E-state index contributed by atoms with van der Waals surface area (Å²) in [4.78, 5) is 12.2. The Hall–Kier alpha value is -0.970. The minimum Gasteiger partial charge on any atom is -0.399 e. The molecule has 0 saturated heterocycles. The van der Waals surface area contributed by atoms with Crippen molar-refractivity contribution in [2.75, 3.05) is 18.8 Å². The van der Waals surface area contributed by atoms with Crippen LogP contribution in [0.5, 0.6) is 0 Å². The van der Waals surface area contributed by atoms with Gasteiger partial charge in [-0.2, -0.15) is 0 Å². The Morgan fingerprint density at radius 2 is 1.73 bits per heavy atom. The lowest BCUT2D eigenvalue weighted by atomic mass is 9.53. The average molecular weight is 398 g/mol. The van der Waals surface area contributed by atoms with Crippen LogP contribution in [0.1, 0.15) is 55.3 Å². The predicted molar refractivity (Wildman–Crippen MR) is 109 cm³/mol. The van der Waals surface area contributed by atoms with Crippen molar-refractivity contribution in [2.45, 2.75) is 50.5 Å². The second-order valence-electron chi connectivity index (χ2n) is 8.47. The maximum atomic E-state index is 12.2. The average Bonchev–Trinajstić information content (AvgIpc) is 2.53. The largest absolute Gasteiger partial charge is 0.399 e. The quantitative estimate of drug-likeness (QED) is 0.501. The van der Waals surface area contributed by atoms with Crippen molar-refractivity contribution in [3.8, 4) is 0 Å². The highest BCUT2D eigenvalue weighted by atomic mass is 35.5. The van der Waals surface area contributed by atoms with Crippen molar-refractivity contribution in [1.29, 1.82) is 0 Å². The van der Waals surface area contributed by atoms with Crippen LogP contribution in [0.2, 0.25) is 5.02 Å². The van der Waals surface area contributed by atoms with E-state index in [1.165, 1.54) is 38.5 Å². The Kier molecular flexibility index (Phi) is 6.05. The number of rotatable bonds is 6. The zero-order chi connectivity index (χ0) is 17.4. The number of halogens is 2. The van der Waals surface area contributed by atoms with Gasteiger partial charge in [-0.25, -0.2) is 0 Å². The maximum Gasteiger partial charge on any atom is 0.252 e. The smallest absolute Gasteiger partial charge is 0.252 e. The fourth-order valence-electron chi connectivity index (χ4n) is 5.78. The number of hydrogen-bond donors (Lipinski definition) is 3. The molecule has 0 atom stereocenters. The van der Waals surface area contributed by atoms with E-state index in [1.807, 2.05) is 0 Å². The van der Waals surface area contributed by atoms with Gasteiger partial charge in [0.05, 0.1) is 10.6 Å². The number of nitrogen functional groups attached to an aromatic ring is 1. The van der Waals surface area contributed by atoms with Gasteiger partial charge >= 0.3 is 0 Å². The first-order valence-corrected chi connectivity index (χ1v) is 9.99. The van der Waals surface area contributed by atoms with E-state index >= 15 is 0 Å². The molecule has 0 spiro atoms. The van der Waals surface area contributed by atoms with Crippen LogP contribution >= 0.6 is 24.0 Å². The molecule has 144 valence electrons. The van der Waals surface area contributed by atoms with E-state index < -0.39 is 0 Å². The molecule has 1 amide bonds. The van der Waals surface area contributed by atoms with E-state index in [4.69, 9.17) is 17.3 Å². The Balaban J connectivity index is 0.00000196. The van der Waals surface area contributed by atoms with E-state index in [9.17, 15) is 4.79 Å². The fourth-order valence-corrected chi connectivity index (χ4v) is 6.06. The zero-order valence-electron chi connectivity index (χ0n) is 15.1. The molecule has 0 aliphatic heterocycles. The third kappa shape index (κ3) is 4.13. The number of hydrogen-bond acceptors (Lipinski definition) is 3. The Labute approximate surface area is 167 Å². The summed E-state index contributed by atoms with van der Waals surface area (Å²) in [6.07, 6.45) is 9.46. The number of nitrogens with two attached hydrogens (primary N) is 1. The first-order chi connectivity index (χ1) is 12.0. The molecule has 1 aromatic carbocycles. The molecule has 4 N–H and O–H groups in total. The summed E-state index contributed by atoms with van der Waals surface area (Å²) in [6, 6.07) is 5.00. The Bertz CT molecular complexity index is 629. The van der Waals surface area contributed by atoms with Gasteiger partial charge in [0.2, 0.25) is 0 Å². The van der Waals surface area contributed by atoms with Gasteiger partial charge in [-0.3, -0.25) is 4.79 Å². The molecular weight excluding hydrogens is 369 g/mol. The number of carbonyl (C=O) groups excluding carboxylic acids is 1. The summed E-state index contributed by atoms with van der Waals surface area (Å²) in [7, 11) is 0. The lowest BCUT2D eigenvalue weighted by Crippen LogP contribution is -2.58. The topological polar surface area (TPSA) is 67.2 Å². The number of carbonyl (C=O) groups is 1. The summed E-state index contributed by atoms with van der Waals surface area (Å²) in [5, 5.41) is 7.24. The molecule has 0 aromatic heterocycles. The Morgan fingerprint density at radius 1 is 1.12 bits per heavy atom. The molecule has 0 heterocycles. The van der Waals surface area contributed by atoms with Gasteiger partial charge in [0.25, 0.3) is 5.91 Å². The van der Waals surface area contributed by atoms with Gasteiger partial charge in [-0.15, -0.1) is 12.4 Å². The van der Waals surface area contributed by atoms with Crippen LogP contribution in [0.4, 0.5) is 5.69 Å². The number of nitrogens with one attached hydrogen (secondary N) is 2. The van der Waals surface area contributed by atoms with Crippen LogP contribution in [0.15, 0.2) is 18.2 Å². The van der Waals surface area contributed by atoms with Crippen molar-refractivity contribution < 1.29 is 4.79 Å². The summed E-state index contributed by atoms with van der Waals surface area (Å²) in [5.41, 5.74) is 7.13. The number of benzene rings is 1. The first kappa shape index (κ1) is 19.8. The third-order valence-corrected chi connectivity index (χ3v) is 6.73. The van der Waals surface area contributed by atoms with Gasteiger partial charge in [0, 0.05) is 17.8 Å². The van der Waals surface area contributed by atoms with E-state index in [0.29, 0.717) is 28.4 Å². The van der Waals surface area contributed by atoms with Crippen LogP contribution in [-0.4, -0.2) is 24.5 Å². The molecule has 6 heteroatoms. The molecule has 0 unspecified atom stereocenters. The van der Waals surface area contributed by atoms with E-state index in [2.05, 4.69) is 10.6 Å². The van der Waals surface area contributed by atoms with E-state index in [0.717, 1.165) is 30.7 Å². The lowest BCUT2D eigenvalue weighted by molar-refractivity contribution is -0.0195. The van der Waals surface area contributed by atoms with Crippen LogP contribution < -0.4 is 16.4 Å². The molecule has 0 radical (unpaired) electrons. The van der Waals surface area contributed by atoms with Crippen LogP contribution in [-0.2, 0) is 0 Å². The van der Waals surface area contributed by atoms with Crippen molar-refractivity contribution in [1.82, 2.24) is 10.6 Å². The molecule has 5 rings (SSSR count). The van der Waals surface area contributed by atoms with E-state index in [-0.39, 0.29) is 18.3 Å². The monoisotopic (exact) mass is 397 g/mol. The molecule has 4 nitrogen and oxygen atoms in total. The van der Waals surface area contributed by atoms with Gasteiger partial charge in [0.1, 0.15) is 0 Å². The second kappa shape index (κ2) is 7.95. The molecule has 4 saturated carbocycles. The normalized spacial score (nSPS) is 31.5. The molecule has 4 aliphatic carbocycles. The minimum atomic E-state index is -0.125. The van der Waals surface area contributed by atoms with Crippen LogP contribution in [0, 0.1) is 17.8 Å². The van der Waals surface area contributed by atoms with Crippen LogP contribution in [0.3, 0.4) is 0 Å². The SMILES string of the molecule is Cl.Nc1ccc(C(=O)NCCCNC23CC4CC(CC(C4)C2)C3)c(Cl)c1. The van der Waals surface area contributed by atoms with Crippen molar-refractivity contribution in [3.05, 3.63) is 28.8 Å². The maximum absolute atomic E-state index is 12.2. The van der Waals surface area contributed by atoms with E-state index in [1.54, 1.807) is 18.2 Å². The molecular formula is C20H29Cl2N3O. The highest BCUT2D eigenvalue weighted by Gasteiger charge is 2.50. The second-order valence-corrected chi connectivity index (χ2v) is 8.88. The molecule has 4 bridgehead atoms. The lowest BCUT2D eigenvalue weighted by Gasteiger charge is -2.57. The van der Waals surface area contributed by atoms with Gasteiger partial charge in [0.15, 0.2) is 0 Å². The van der Waals surface area contributed by atoms with Crippen LogP contribution in [0.25, 0.3) is 0 Å². The first-order valence-electron chi connectivity index (χ1n) is 9.61. The summed E-state index contributed by atoms with van der Waals surface area (Å²) in [5.74, 6) is 2.77. The van der Waals surface area contributed by atoms with Crippen molar-refractivity contribution in [3.63, 3.8) is 0 Å². The highest BCUT2D eigenvalue weighted by Crippen LogP contribution is 2.55. The number of amides is 1. The molecule has 4 fully saturated rings. The third-order valence-electron chi connectivity index (χ3n) is 6.42. The molecule has 4 aliphatic rings.